The first kappa shape index (κ1) is 21.4. The second-order valence-electron chi connectivity index (χ2n) is 6.57. The maximum Gasteiger partial charge on any atom is 0.243 e. The Morgan fingerprint density at radius 1 is 1.00 bits per heavy atom. The molecule has 1 aliphatic rings. The van der Waals surface area contributed by atoms with Crippen molar-refractivity contribution in [1.82, 2.24) is 9.21 Å². The van der Waals surface area contributed by atoms with E-state index in [0.29, 0.717) is 29.6 Å². The summed E-state index contributed by atoms with van der Waals surface area (Å²) in [6.07, 6.45) is 0.197. The predicted molar refractivity (Wildman–Crippen MR) is 110 cm³/mol. The van der Waals surface area contributed by atoms with Crippen molar-refractivity contribution < 1.29 is 22.7 Å². The summed E-state index contributed by atoms with van der Waals surface area (Å²) in [5, 5.41) is 0.551. The van der Waals surface area contributed by atoms with Gasteiger partial charge in [-0.05, 0) is 23.8 Å². The molecule has 0 N–H and O–H groups in total. The van der Waals surface area contributed by atoms with E-state index in [9.17, 15) is 13.2 Å². The summed E-state index contributed by atoms with van der Waals surface area (Å²) in [7, 11) is -0.749. The summed E-state index contributed by atoms with van der Waals surface area (Å²) in [4.78, 5) is 14.4. The van der Waals surface area contributed by atoms with E-state index >= 15 is 0 Å². The van der Waals surface area contributed by atoms with Gasteiger partial charge in [0, 0.05) is 37.3 Å². The molecule has 0 radical (unpaired) electrons. The van der Waals surface area contributed by atoms with Gasteiger partial charge in [0.05, 0.1) is 25.5 Å². The summed E-state index contributed by atoms with van der Waals surface area (Å²) >= 11 is 6.13. The minimum absolute atomic E-state index is 0.0683. The summed E-state index contributed by atoms with van der Waals surface area (Å²) in [6, 6.07) is 11.7. The van der Waals surface area contributed by atoms with Crippen molar-refractivity contribution in [3.05, 3.63) is 53.1 Å². The standard InChI is InChI=1S/C20H23ClN2O5S/c1-27-18-8-7-16(14-19(18)28-2)29(25,26)23-11-9-22(10-12-23)20(24)13-15-5-3-4-6-17(15)21/h3-8,14H,9-13H2,1-2H3. The van der Waals surface area contributed by atoms with E-state index in [1.54, 1.807) is 17.0 Å². The monoisotopic (exact) mass is 438 g/mol. The van der Waals surface area contributed by atoms with E-state index in [4.69, 9.17) is 21.1 Å². The van der Waals surface area contributed by atoms with Gasteiger partial charge in [-0.25, -0.2) is 8.42 Å². The average Bonchev–Trinajstić information content (AvgIpc) is 2.74. The lowest BCUT2D eigenvalue weighted by Gasteiger charge is -2.34. The topological polar surface area (TPSA) is 76.2 Å². The van der Waals surface area contributed by atoms with Crippen LogP contribution < -0.4 is 9.47 Å². The van der Waals surface area contributed by atoms with Crippen LogP contribution in [0, 0.1) is 0 Å². The molecule has 9 heteroatoms. The molecule has 1 amide bonds. The largest absolute Gasteiger partial charge is 0.493 e. The normalized spacial score (nSPS) is 15.2. The van der Waals surface area contributed by atoms with Gasteiger partial charge >= 0.3 is 0 Å². The lowest BCUT2D eigenvalue weighted by molar-refractivity contribution is -0.131. The Morgan fingerprint density at radius 2 is 1.66 bits per heavy atom. The highest BCUT2D eigenvalue weighted by Gasteiger charge is 2.30. The molecule has 156 valence electrons. The van der Waals surface area contributed by atoms with Gasteiger partial charge in [0.1, 0.15) is 0 Å². The quantitative estimate of drug-likeness (QED) is 0.692. The molecule has 1 heterocycles. The van der Waals surface area contributed by atoms with E-state index in [1.807, 2.05) is 18.2 Å². The first-order valence-corrected chi connectivity index (χ1v) is 10.9. The smallest absolute Gasteiger partial charge is 0.243 e. The Kier molecular flexibility index (Phi) is 6.66. The third-order valence-corrected chi connectivity index (χ3v) is 7.15. The number of nitrogens with zero attached hydrogens (tertiary/aromatic N) is 2. The van der Waals surface area contributed by atoms with Crippen LogP contribution in [0.25, 0.3) is 0 Å². The molecule has 0 bridgehead atoms. The Bertz CT molecular complexity index is 988. The minimum Gasteiger partial charge on any atom is -0.493 e. The number of methoxy groups -OCH3 is 2. The zero-order valence-electron chi connectivity index (χ0n) is 16.3. The van der Waals surface area contributed by atoms with Crippen LogP contribution in [0.4, 0.5) is 0 Å². The van der Waals surface area contributed by atoms with Crippen LogP contribution in [0.1, 0.15) is 5.56 Å². The van der Waals surface area contributed by atoms with Crippen molar-refractivity contribution in [3.63, 3.8) is 0 Å². The maximum atomic E-state index is 13.0. The highest BCUT2D eigenvalue weighted by atomic mass is 35.5. The van der Waals surface area contributed by atoms with Gasteiger partial charge in [0.15, 0.2) is 11.5 Å². The number of hydrogen-bond donors (Lipinski definition) is 0. The molecule has 0 atom stereocenters. The second-order valence-corrected chi connectivity index (χ2v) is 8.91. The molecule has 1 fully saturated rings. The first-order valence-electron chi connectivity index (χ1n) is 9.10. The highest BCUT2D eigenvalue weighted by molar-refractivity contribution is 7.89. The van der Waals surface area contributed by atoms with Gasteiger partial charge < -0.3 is 14.4 Å². The molecule has 3 rings (SSSR count). The fraction of sp³-hybridized carbons (Fsp3) is 0.350. The van der Waals surface area contributed by atoms with Crippen molar-refractivity contribution in [2.75, 3.05) is 40.4 Å². The maximum absolute atomic E-state index is 13.0. The average molecular weight is 439 g/mol. The number of halogens is 1. The first-order chi connectivity index (χ1) is 13.9. The van der Waals surface area contributed by atoms with E-state index in [1.165, 1.54) is 30.7 Å². The van der Waals surface area contributed by atoms with Gasteiger partial charge in [-0.2, -0.15) is 4.31 Å². The predicted octanol–water partition coefficient (Wildman–Crippen LogP) is 2.43. The lowest BCUT2D eigenvalue weighted by atomic mass is 10.1. The van der Waals surface area contributed by atoms with Crippen molar-refractivity contribution in [2.45, 2.75) is 11.3 Å². The van der Waals surface area contributed by atoms with Crippen LogP contribution in [-0.2, 0) is 21.2 Å². The van der Waals surface area contributed by atoms with E-state index < -0.39 is 10.0 Å². The van der Waals surface area contributed by atoms with Gasteiger partial charge in [-0.15, -0.1) is 0 Å². The zero-order chi connectivity index (χ0) is 21.0. The number of carbonyl (C=O) groups excluding carboxylic acids is 1. The number of hydrogen-bond acceptors (Lipinski definition) is 5. The molecule has 0 aliphatic carbocycles. The fourth-order valence-electron chi connectivity index (χ4n) is 3.22. The lowest BCUT2D eigenvalue weighted by Crippen LogP contribution is -2.50. The van der Waals surface area contributed by atoms with Crippen molar-refractivity contribution in [1.29, 1.82) is 0 Å². The molecule has 1 saturated heterocycles. The van der Waals surface area contributed by atoms with Gasteiger partial charge in [-0.3, -0.25) is 4.79 Å². The number of sulfonamides is 1. The Balaban J connectivity index is 1.66. The minimum atomic E-state index is -3.70. The summed E-state index contributed by atoms with van der Waals surface area (Å²) in [5.74, 6) is 0.741. The van der Waals surface area contributed by atoms with Crippen LogP contribution >= 0.6 is 11.6 Å². The Labute approximate surface area is 175 Å². The molecule has 0 spiro atoms. The molecule has 0 aromatic heterocycles. The number of ether oxygens (including phenoxy) is 2. The number of carbonyl (C=O) groups is 1. The van der Waals surface area contributed by atoms with Crippen molar-refractivity contribution >= 4 is 27.5 Å². The molecule has 2 aromatic rings. The van der Waals surface area contributed by atoms with E-state index in [-0.39, 0.29) is 30.3 Å². The number of piperazine rings is 1. The van der Waals surface area contributed by atoms with E-state index in [0.717, 1.165) is 5.56 Å². The van der Waals surface area contributed by atoms with Crippen molar-refractivity contribution in [2.24, 2.45) is 0 Å². The Morgan fingerprint density at radius 3 is 2.28 bits per heavy atom. The second kappa shape index (κ2) is 9.02. The summed E-state index contributed by atoms with van der Waals surface area (Å²) in [5.41, 5.74) is 0.763. The zero-order valence-corrected chi connectivity index (χ0v) is 17.9. The van der Waals surface area contributed by atoms with Gasteiger partial charge in [-0.1, -0.05) is 29.8 Å². The highest BCUT2D eigenvalue weighted by Crippen LogP contribution is 2.31. The molecule has 29 heavy (non-hydrogen) atoms. The van der Waals surface area contributed by atoms with E-state index in [2.05, 4.69) is 0 Å². The summed E-state index contributed by atoms with van der Waals surface area (Å²) < 4.78 is 37.7. The van der Waals surface area contributed by atoms with Crippen LogP contribution in [-0.4, -0.2) is 63.9 Å². The van der Waals surface area contributed by atoms with Gasteiger partial charge in [0.25, 0.3) is 0 Å². The third kappa shape index (κ3) is 4.66. The van der Waals surface area contributed by atoms with Crippen LogP contribution in [0.3, 0.4) is 0 Å². The van der Waals surface area contributed by atoms with Crippen LogP contribution in [0.5, 0.6) is 11.5 Å². The summed E-state index contributed by atoms with van der Waals surface area (Å²) in [6.45, 7) is 1.11. The molecule has 2 aromatic carbocycles. The van der Waals surface area contributed by atoms with Crippen LogP contribution in [0.15, 0.2) is 47.4 Å². The fourth-order valence-corrected chi connectivity index (χ4v) is 4.86. The molecule has 7 nitrogen and oxygen atoms in total. The number of amides is 1. The SMILES string of the molecule is COc1ccc(S(=O)(=O)N2CCN(C(=O)Cc3ccccc3Cl)CC2)cc1OC. The molecule has 0 unspecified atom stereocenters. The third-order valence-electron chi connectivity index (χ3n) is 4.88. The molecular formula is C20H23ClN2O5S. The van der Waals surface area contributed by atoms with Gasteiger partial charge in [0.2, 0.25) is 15.9 Å². The van der Waals surface area contributed by atoms with Crippen LogP contribution in [0.2, 0.25) is 5.02 Å². The number of benzene rings is 2. The molecular weight excluding hydrogens is 416 g/mol. The Hall–Kier alpha value is -2.29. The number of rotatable bonds is 6. The molecule has 0 saturated carbocycles. The molecule has 1 aliphatic heterocycles. The van der Waals surface area contributed by atoms with Crippen molar-refractivity contribution in [3.8, 4) is 11.5 Å².